The van der Waals surface area contributed by atoms with Crippen LogP contribution in [0.15, 0.2) is 18.0 Å². The summed E-state index contributed by atoms with van der Waals surface area (Å²) in [6.07, 6.45) is 1.63. The van der Waals surface area contributed by atoms with Gasteiger partial charge in [-0.1, -0.05) is 20.4 Å². The summed E-state index contributed by atoms with van der Waals surface area (Å²) < 4.78 is 1.62. The van der Waals surface area contributed by atoms with E-state index in [1.54, 1.807) is 11.0 Å². The molecule has 3 nitrogen and oxygen atoms in total. The molecule has 0 atom stereocenters. The monoisotopic (exact) mass is 179 g/mol. The third-order valence-corrected chi connectivity index (χ3v) is 1.49. The van der Waals surface area contributed by atoms with E-state index in [0.717, 1.165) is 17.0 Å². The number of hydrogen-bond acceptors (Lipinski definition) is 2. The first-order chi connectivity index (χ1) is 6.16. The maximum absolute atomic E-state index is 4.08. The van der Waals surface area contributed by atoms with Gasteiger partial charge in [0.2, 0.25) is 0 Å². The van der Waals surface area contributed by atoms with Crippen LogP contribution in [0.4, 0.5) is 0 Å². The molecule has 0 spiro atoms. The van der Waals surface area contributed by atoms with Crippen LogP contribution in [-0.2, 0) is 0 Å². The largest absolute Gasteiger partial charge is 0.239 e. The molecule has 1 heterocycles. The molecule has 13 heavy (non-hydrogen) atoms. The van der Waals surface area contributed by atoms with E-state index in [2.05, 4.69) is 23.4 Å². The quantitative estimate of drug-likeness (QED) is 0.642. The van der Waals surface area contributed by atoms with Crippen LogP contribution in [0.1, 0.15) is 32.2 Å². The van der Waals surface area contributed by atoms with Crippen molar-refractivity contribution < 1.29 is 0 Å². The van der Waals surface area contributed by atoms with Gasteiger partial charge in [-0.25, -0.2) is 9.66 Å². The van der Waals surface area contributed by atoms with Gasteiger partial charge in [-0.2, -0.15) is 5.10 Å². The molecule has 0 aliphatic carbocycles. The molecule has 0 N–H and O–H groups in total. The van der Waals surface area contributed by atoms with Crippen molar-refractivity contribution in [1.82, 2.24) is 9.66 Å². The van der Waals surface area contributed by atoms with E-state index in [0.29, 0.717) is 0 Å². The van der Waals surface area contributed by atoms with Gasteiger partial charge in [0.1, 0.15) is 6.33 Å². The van der Waals surface area contributed by atoms with Gasteiger partial charge in [-0.15, -0.1) is 0 Å². The fourth-order valence-corrected chi connectivity index (χ4v) is 1.04. The molecule has 72 valence electrons. The van der Waals surface area contributed by atoms with E-state index in [1.165, 1.54) is 0 Å². The van der Waals surface area contributed by atoms with Gasteiger partial charge in [0.05, 0.1) is 11.4 Å². The summed E-state index contributed by atoms with van der Waals surface area (Å²) in [5.74, 6) is 0. The Morgan fingerprint density at radius 2 is 2.08 bits per heavy atom. The normalized spacial score (nSPS) is 8.62. The van der Waals surface area contributed by atoms with Gasteiger partial charge in [0.25, 0.3) is 0 Å². The third-order valence-electron chi connectivity index (χ3n) is 1.49. The first-order valence-electron chi connectivity index (χ1n) is 4.33. The molecular formula is C10H17N3. The van der Waals surface area contributed by atoms with E-state index < -0.39 is 0 Å². The molecule has 0 amide bonds. The number of aryl methyl sites for hydroxylation is 1. The van der Waals surface area contributed by atoms with Crippen LogP contribution in [0.25, 0.3) is 5.57 Å². The second-order valence-electron chi connectivity index (χ2n) is 2.44. The van der Waals surface area contributed by atoms with Crippen molar-refractivity contribution in [3.8, 4) is 0 Å². The minimum atomic E-state index is 0.935. The maximum Gasteiger partial charge on any atom is 0.118 e. The second kappa shape index (κ2) is 5.30. The van der Waals surface area contributed by atoms with Crippen LogP contribution < -0.4 is 0 Å². The van der Waals surface area contributed by atoms with Crippen molar-refractivity contribution in [2.24, 2.45) is 5.10 Å². The molecule has 0 aliphatic heterocycles. The summed E-state index contributed by atoms with van der Waals surface area (Å²) >= 11 is 0. The van der Waals surface area contributed by atoms with Crippen molar-refractivity contribution in [3.05, 3.63) is 24.3 Å². The summed E-state index contributed by atoms with van der Waals surface area (Å²) in [6.45, 7) is 15.1. The van der Waals surface area contributed by atoms with Gasteiger partial charge in [0.15, 0.2) is 0 Å². The van der Waals surface area contributed by atoms with Crippen LogP contribution in [0, 0.1) is 6.92 Å². The number of allylic oxidation sites excluding steroid dienone is 1. The molecular weight excluding hydrogens is 162 g/mol. The average molecular weight is 179 g/mol. The fraction of sp³-hybridized carbons (Fsp3) is 0.400. The molecule has 1 aromatic heterocycles. The van der Waals surface area contributed by atoms with Crippen molar-refractivity contribution in [3.63, 3.8) is 0 Å². The summed E-state index contributed by atoms with van der Waals surface area (Å²) in [5, 5.41) is 3.76. The Morgan fingerprint density at radius 3 is 2.38 bits per heavy atom. The lowest BCUT2D eigenvalue weighted by atomic mass is 10.2. The minimum Gasteiger partial charge on any atom is -0.239 e. The predicted molar refractivity (Wildman–Crippen MR) is 58.0 cm³/mol. The highest BCUT2D eigenvalue weighted by Gasteiger charge is 2.05. The minimum absolute atomic E-state index is 0.935. The van der Waals surface area contributed by atoms with Crippen LogP contribution in [0.2, 0.25) is 0 Å². The highest BCUT2D eigenvalue weighted by molar-refractivity contribution is 5.60. The molecule has 0 unspecified atom stereocenters. The van der Waals surface area contributed by atoms with Gasteiger partial charge in [-0.3, -0.25) is 0 Å². The highest BCUT2D eigenvalue weighted by atomic mass is 15.4. The van der Waals surface area contributed by atoms with Crippen molar-refractivity contribution in [1.29, 1.82) is 0 Å². The van der Waals surface area contributed by atoms with Crippen LogP contribution >= 0.6 is 0 Å². The van der Waals surface area contributed by atoms with Crippen molar-refractivity contribution in [2.75, 3.05) is 0 Å². The third kappa shape index (κ3) is 2.54. The lowest BCUT2D eigenvalue weighted by molar-refractivity contribution is 0.869. The number of imidazole rings is 1. The van der Waals surface area contributed by atoms with Crippen LogP contribution in [0.3, 0.4) is 0 Å². The Hall–Kier alpha value is -1.38. The van der Waals surface area contributed by atoms with Crippen LogP contribution in [-0.4, -0.2) is 16.4 Å². The van der Waals surface area contributed by atoms with E-state index in [1.807, 2.05) is 27.7 Å². The first-order valence-corrected chi connectivity index (χ1v) is 4.33. The predicted octanol–water partition coefficient (Wildman–Crippen LogP) is 2.71. The number of rotatable bonds is 2. The highest BCUT2D eigenvalue weighted by Crippen LogP contribution is 2.14. The summed E-state index contributed by atoms with van der Waals surface area (Å²) in [6, 6.07) is 0. The van der Waals surface area contributed by atoms with Crippen molar-refractivity contribution >= 4 is 12.3 Å². The van der Waals surface area contributed by atoms with E-state index >= 15 is 0 Å². The lowest BCUT2D eigenvalue weighted by Crippen LogP contribution is -1.92. The average Bonchev–Trinajstić information content (AvgIpc) is 2.50. The lowest BCUT2D eigenvalue weighted by Gasteiger charge is -2.00. The molecule has 0 fully saturated rings. The number of nitrogens with zero attached hydrogens (tertiary/aromatic N) is 3. The maximum atomic E-state index is 4.08. The van der Waals surface area contributed by atoms with Gasteiger partial charge in [0, 0.05) is 6.72 Å². The van der Waals surface area contributed by atoms with Crippen LogP contribution in [0.5, 0.6) is 0 Å². The number of hydrogen-bond donors (Lipinski definition) is 0. The molecule has 0 aromatic carbocycles. The molecule has 3 heteroatoms. The molecule has 0 saturated carbocycles. The molecule has 1 rings (SSSR count). The van der Waals surface area contributed by atoms with Gasteiger partial charge < -0.3 is 0 Å². The summed E-state index contributed by atoms with van der Waals surface area (Å²) in [7, 11) is 0. The standard InChI is InChI=1S/C8H11N3.C2H6/c1-6(2)8-7(3)10-5-11(8)9-4;1-2/h5H,1,4H2,2-3H3;1-2H3. The first kappa shape index (κ1) is 11.6. The SMILES string of the molecule is C=Nn1cnc(C)c1C(=C)C.CC. The summed E-state index contributed by atoms with van der Waals surface area (Å²) in [4.78, 5) is 4.08. The Bertz CT molecular complexity index is 297. The zero-order chi connectivity index (χ0) is 10.4. The Kier molecular flexibility index (Phi) is 4.74. The Balaban J connectivity index is 0.000000671. The number of aromatic nitrogens is 2. The zero-order valence-electron chi connectivity index (χ0n) is 8.83. The topological polar surface area (TPSA) is 30.2 Å². The molecule has 0 radical (unpaired) electrons. The van der Waals surface area contributed by atoms with Gasteiger partial charge >= 0.3 is 0 Å². The Labute approximate surface area is 79.8 Å². The smallest absolute Gasteiger partial charge is 0.118 e. The molecule has 0 saturated heterocycles. The molecule has 1 aromatic rings. The van der Waals surface area contributed by atoms with E-state index in [-0.39, 0.29) is 0 Å². The van der Waals surface area contributed by atoms with Gasteiger partial charge in [-0.05, 0) is 19.4 Å². The van der Waals surface area contributed by atoms with E-state index in [9.17, 15) is 0 Å². The Morgan fingerprint density at radius 1 is 1.54 bits per heavy atom. The van der Waals surface area contributed by atoms with E-state index in [4.69, 9.17) is 0 Å². The summed E-state index contributed by atoms with van der Waals surface area (Å²) in [5.41, 5.74) is 2.83. The van der Waals surface area contributed by atoms with Crippen molar-refractivity contribution in [2.45, 2.75) is 27.7 Å². The fourth-order valence-electron chi connectivity index (χ4n) is 1.04. The second-order valence-corrected chi connectivity index (χ2v) is 2.44. The molecule has 0 bridgehead atoms. The molecule has 0 aliphatic rings. The zero-order valence-corrected chi connectivity index (χ0v) is 8.83.